The number of hydrogen-bond acceptors (Lipinski definition) is 12. The highest BCUT2D eigenvalue weighted by atomic mass is 16.7. The van der Waals surface area contributed by atoms with Crippen LogP contribution in [-0.4, -0.2) is 66.9 Å². The van der Waals surface area contributed by atoms with E-state index in [2.05, 4.69) is 15.1 Å². The number of carbonyl (C=O) groups excluding carboxylic acids is 2. The maximum absolute atomic E-state index is 12.3. The highest BCUT2D eigenvalue weighted by Crippen LogP contribution is 2.34. The fourth-order valence-electron chi connectivity index (χ4n) is 3.97. The van der Waals surface area contributed by atoms with Crippen molar-refractivity contribution in [1.82, 2.24) is 15.0 Å². The molecule has 1 saturated heterocycles. The van der Waals surface area contributed by atoms with Crippen LogP contribution in [0.4, 0.5) is 17.3 Å². The number of hydrogen-bond donors (Lipinski definition) is 1. The number of anilines is 2. The Morgan fingerprint density at radius 3 is 2.57 bits per heavy atom. The van der Waals surface area contributed by atoms with Gasteiger partial charge in [-0.05, 0) is 48.9 Å². The number of nitrogens with zero attached hydrogens (tertiary/aromatic N) is 5. The van der Waals surface area contributed by atoms with Crippen molar-refractivity contribution >= 4 is 29.3 Å². The predicted molar refractivity (Wildman–Crippen MR) is 137 cm³/mol. The van der Waals surface area contributed by atoms with Crippen LogP contribution in [0.5, 0.6) is 6.01 Å². The first-order valence-corrected chi connectivity index (χ1v) is 12.4. The molecule has 0 unspecified atom stereocenters. The first-order valence-electron chi connectivity index (χ1n) is 12.4. The molecule has 2 heterocycles. The van der Waals surface area contributed by atoms with Gasteiger partial charge in [0.1, 0.15) is 6.54 Å². The molecule has 1 aliphatic rings. The molecule has 2 aromatic rings. The van der Waals surface area contributed by atoms with Crippen LogP contribution in [0.2, 0.25) is 0 Å². The smallest absolute Gasteiger partial charge is 0.357 e. The number of nitroso groups, excluding NO2 is 1. The van der Waals surface area contributed by atoms with Crippen LogP contribution >= 0.6 is 0 Å². The summed E-state index contributed by atoms with van der Waals surface area (Å²) < 4.78 is 10.4. The molecule has 1 aliphatic heterocycles. The van der Waals surface area contributed by atoms with Crippen LogP contribution in [-0.2, 0) is 14.4 Å². The van der Waals surface area contributed by atoms with Crippen LogP contribution < -0.4 is 15.4 Å². The van der Waals surface area contributed by atoms with Crippen molar-refractivity contribution in [3.63, 3.8) is 0 Å². The standard InChI is InChI=1S/C25H34N6O6/c1-3-4-16-36-25-27-22(26)21(29-34)23(28-25)30(17-20(32)35-2)13-10-18-11-14-31(15-12-18)37-24(33)19-8-6-5-7-9-19/h5-9,18H,3-4,10-17H2,1-2H3,(H2,26,27,28). The quantitative estimate of drug-likeness (QED) is 0.238. The molecule has 2 N–H and O–H groups in total. The minimum atomic E-state index is -0.495. The molecule has 3 rings (SSSR count). The van der Waals surface area contributed by atoms with Crippen molar-refractivity contribution in [1.29, 1.82) is 0 Å². The minimum absolute atomic E-state index is 0.0248. The van der Waals surface area contributed by atoms with Crippen LogP contribution in [0.1, 0.15) is 49.4 Å². The summed E-state index contributed by atoms with van der Waals surface area (Å²) in [5.74, 6) is -0.553. The molecule has 0 bridgehead atoms. The zero-order valence-electron chi connectivity index (χ0n) is 21.3. The third-order valence-electron chi connectivity index (χ3n) is 6.14. The molecule has 0 amide bonds. The van der Waals surface area contributed by atoms with Gasteiger partial charge in [-0.3, -0.25) is 4.79 Å². The van der Waals surface area contributed by atoms with E-state index >= 15 is 0 Å². The largest absolute Gasteiger partial charge is 0.468 e. The van der Waals surface area contributed by atoms with Crippen molar-refractivity contribution in [3.8, 4) is 6.01 Å². The van der Waals surface area contributed by atoms with Crippen LogP contribution in [0.25, 0.3) is 0 Å². The number of hydroxylamine groups is 2. The SMILES string of the molecule is CCCCOc1nc(N)c(N=O)c(N(CCC2CCN(OC(=O)c3ccccc3)CC2)CC(=O)OC)n1. The van der Waals surface area contributed by atoms with Gasteiger partial charge in [0.05, 0.1) is 19.3 Å². The van der Waals surface area contributed by atoms with Crippen molar-refractivity contribution in [2.24, 2.45) is 11.1 Å². The Kier molecular flexibility index (Phi) is 10.6. The number of nitrogens with two attached hydrogens (primary N) is 1. The number of aromatic nitrogens is 2. The van der Waals surface area contributed by atoms with Gasteiger partial charge in [0.2, 0.25) is 0 Å². The second-order valence-electron chi connectivity index (χ2n) is 8.76. The summed E-state index contributed by atoms with van der Waals surface area (Å²) in [6.07, 6.45) is 4.02. The van der Waals surface area contributed by atoms with Gasteiger partial charge in [-0.15, -0.1) is 9.97 Å². The summed E-state index contributed by atoms with van der Waals surface area (Å²) in [4.78, 5) is 51.5. The Labute approximate surface area is 216 Å². The summed E-state index contributed by atoms with van der Waals surface area (Å²) in [6.45, 7) is 3.87. The lowest BCUT2D eigenvalue weighted by Crippen LogP contribution is -2.38. The monoisotopic (exact) mass is 514 g/mol. The lowest BCUT2D eigenvalue weighted by atomic mass is 9.94. The highest BCUT2D eigenvalue weighted by Gasteiger charge is 2.26. The van der Waals surface area contributed by atoms with E-state index in [9.17, 15) is 14.5 Å². The van der Waals surface area contributed by atoms with Gasteiger partial charge < -0.3 is 24.9 Å². The molecule has 12 nitrogen and oxygen atoms in total. The van der Waals surface area contributed by atoms with Crippen molar-refractivity contribution in [3.05, 3.63) is 40.8 Å². The van der Waals surface area contributed by atoms with E-state index in [1.54, 1.807) is 34.2 Å². The van der Waals surface area contributed by atoms with Crippen LogP contribution in [0, 0.1) is 10.8 Å². The Hall–Kier alpha value is -3.80. The van der Waals surface area contributed by atoms with E-state index in [1.165, 1.54) is 7.11 Å². The third kappa shape index (κ3) is 8.10. The molecule has 0 aliphatic carbocycles. The second kappa shape index (κ2) is 14.1. The number of piperidine rings is 1. The average molecular weight is 515 g/mol. The van der Waals surface area contributed by atoms with Crippen molar-refractivity contribution < 1.29 is 23.9 Å². The zero-order chi connectivity index (χ0) is 26.6. The normalized spacial score (nSPS) is 14.1. The van der Waals surface area contributed by atoms with E-state index in [4.69, 9.17) is 20.0 Å². The van der Waals surface area contributed by atoms with Crippen LogP contribution in [0.15, 0.2) is 35.5 Å². The minimum Gasteiger partial charge on any atom is -0.468 e. The van der Waals surface area contributed by atoms with Gasteiger partial charge in [0.25, 0.3) is 0 Å². The van der Waals surface area contributed by atoms with E-state index < -0.39 is 5.97 Å². The molecule has 0 atom stereocenters. The number of unbranched alkanes of at least 4 members (excludes halogenated alkanes) is 1. The van der Waals surface area contributed by atoms with Gasteiger partial charge in [-0.1, -0.05) is 31.5 Å². The molecular weight excluding hydrogens is 480 g/mol. The van der Waals surface area contributed by atoms with Gasteiger partial charge >= 0.3 is 17.9 Å². The predicted octanol–water partition coefficient (Wildman–Crippen LogP) is 3.49. The van der Waals surface area contributed by atoms with Gasteiger partial charge in [0, 0.05) is 19.6 Å². The maximum atomic E-state index is 12.3. The summed E-state index contributed by atoms with van der Waals surface area (Å²) in [5, 5.41) is 4.69. The Bertz CT molecular complexity index is 1050. The van der Waals surface area contributed by atoms with Gasteiger partial charge in [-0.25, -0.2) is 4.79 Å². The molecule has 0 saturated carbocycles. The second-order valence-corrected chi connectivity index (χ2v) is 8.76. The number of ether oxygens (including phenoxy) is 2. The van der Waals surface area contributed by atoms with Crippen LogP contribution in [0.3, 0.4) is 0 Å². The Morgan fingerprint density at radius 1 is 1.19 bits per heavy atom. The first kappa shape index (κ1) is 27.8. The van der Waals surface area contributed by atoms with Gasteiger partial charge in [-0.2, -0.15) is 9.97 Å². The molecule has 0 radical (unpaired) electrons. The molecule has 1 fully saturated rings. The number of nitrogen functional groups attached to an aromatic ring is 1. The fraction of sp³-hybridized carbons (Fsp3) is 0.520. The molecular formula is C25H34N6O6. The molecule has 1 aromatic heterocycles. The van der Waals surface area contributed by atoms with Crippen molar-refractivity contribution in [2.75, 3.05) is 50.5 Å². The number of rotatable bonds is 13. The summed E-state index contributed by atoms with van der Waals surface area (Å²) in [6, 6.07) is 8.88. The third-order valence-corrected chi connectivity index (χ3v) is 6.14. The number of esters is 1. The Morgan fingerprint density at radius 2 is 1.92 bits per heavy atom. The zero-order valence-corrected chi connectivity index (χ0v) is 21.3. The van der Waals surface area contributed by atoms with Crippen molar-refractivity contribution in [2.45, 2.75) is 39.0 Å². The molecule has 12 heteroatoms. The van der Waals surface area contributed by atoms with E-state index in [-0.39, 0.29) is 35.8 Å². The fourth-order valence-corrected chi connectivity index (χ4v) is 3.97. The molecule has 37 heavy (non-hydrogen) atoms. The van der Waals surface area contributed by atoms with E-state index in [1.807, 2.05) is 13.0 Å². The van der Waals surface area contributed by atoms with E-state index in [0.717, 1.165) is 25.7 Å². The number of carbonyl (C=O) groups is 2. The Balaban J connectivity index is 1.63. The number of methoxy groups -OCH3 is 1. The highest BCUT2D eigenvalue weighted by molar-refractivity contribution is 5.89. The van der Waals surface area contributed by atoms with Gasteiger partial charge in [0.15, 0.2) is 17.3 Å². The topological polar surface area (TPSA) is 150 Å². The average Bonchev–Trinajstić information content (AvgIpc) is 2.92. The summed E-state index contributed by atoms with van der Waals surface area (Å²) in [7, 11) is 1.29. The molecule has 1 aromatic carbocycles. The first-order chi connectivity index (χ1) is 17.9. The maximum Gasteiger partial charge on any atom is 0.357 e. The lowest BCUT2D eigenvalue weighted by molar-refractivity contribution is -0.139. The molecule has 200 valence electrons. The lowest BCUT2D eigenvalue weighted by Gasteiger charge is -2.32. The molecule has 0 spiro atoms. The number of benzene rings is 1. The summed E-state index contributed by atoms with van der Waals surface area (Å²) in [5.41, 5.74) is 6.32. The van der Waals surface area contributed by atoms with E-state index in [0.29, 0.717) is 44.1 Å². The summed E-state index contributed by atoms with van der Waals surface area (Å²) >= 11 is 0.